The SMILES string of the molecule is Nc1nc(-c2cccs2)nc(-n2ccnc2)n1. The third-order valence-corrected chi connectivity index (χ3v) is 2.98. The second kappa shape index (κ2) is 3.95. The Morgan fingerprint density at radius 3 is 2.88 bits per heavy atom. The normalized spacial score (nSPS) is 10.6. The zero-order valence-corrected chi connectivity index (χ0v) is 9.50. The number of anilines is 1. The van der Waals surface area contributed by atoms with Gasteiger partial charge in [-0.1, -0.05) is 6.07 Å². The number of rotatable bonds is 2. The molecule has 0 aliphatic heterocycles. The summed E-state index contributed by atoms with van der Waals surface area (Å²) in [5, 5.41) is 1.96. The number of nitrogen functional groups attached to an aromatic ring is 1. The summed E-state index contributed by atoms with van der Waals surface area (Å²) >= 11 is 1.56. The number of aromatic nitrogens is 5. The second-order valence-corrected chi connectivity index (χ2v) is 4.21. The van der Waals surface area contributed by atoms with Crippen molar-refractivity contribution in [2.75, 3.05) is 5.73 Å². The number of thiophene rings is 1. The van der Waals surface area contributed by atoms with E-state index in [2.05, 4.69) is 19.9 Å². The topological polar surface area (TPSA) is 82.5 Å². The van der Waals surface area contributed by atoms with Gasteiger partial charge in [0.1, 0.15) is 6.33 Å². The highest BCUT2D eigenvalue weighted by molar-refractivity contribution is 7.13. The predicted molar refractivity (Wildman–Crippen MR) is 64.7 cm³/mol. The van der Waals surface area contributed by atoms with Crippen LogP contribution in [-0.2, 0) is 0 Å². The minimum Gasteiger partial charge on any atom is -0.368 e. The van der Waals surface area contributed by atoms with Gasteiger partial charge in [-0.2, -0.15) is 15.0 Å². The lowest BCUT2D eigenvalue weighted by Crippen LogP contribution is -2.05. The second-order valence-electron chi connectivity index (χ2n) is 3.26. The van der Waals surface area contributed by atoms with Gasteiger partial charge < -0.3 is 5.73 Å². The van der Waals surface area contributed by atoms with Gasteiger partial charge in [0, 0.05) is 12.4 Å². The molecule has 17 heavy (non-hydrogen) atoms. The molecule has 0 amide bonds. The highest BCUT2D eigenvalue weighted by Crippen LogP contribution is 2.21. The number of nitrogens with zero attached hydrogens (tertiary/aromatic N) is 5. The van der Waals surface area contributed by atoms with E-state index in [-0.39, 0.29) is 5.95 Å². The van der Waals surface area contributed by atoms with Crippen LogP contribution in [0, 0.1) is 0 Å². The first kappa shape index (κ1) is 9.91. The minimum absolute atomic E-state index is 0.201. The molecule has 84 valence electrons. The van der Waals surface area contributed by atoms with Crippen molar-refractivity contribution in [3.8, 4) is 16.6 Å². The lowest BCUT2D eigenvalue weighted by atomic mass is 10.4. The summed E-state index contributed by atoms with van der Waals surface area (Å²) in [6, 6.07) is 3.88. The first-order valence-corrected chi connectivity index (χ1v) is 5.74. The van der Waals surface area contributed by atoms with Crippen molar-refractivity contribution >= 4 is 17.3 Å². The molecule has 0 radical (unpaired) electrons. The molecular formula is C10H8N6S. The summed E-state index contributed by atoms with van der Waals surface area (Å²) in [6.45, 7) is 0. The quantitative estimate of drug-likeness (QED) is 0.736. The van der Waals surface area contributed by atoms with Gasteiger partial charge in [-0.25, -0.2) is 4.98 Å². The van der Waals surface area contributed by atoms with Gasteiger partial charge in [-0.05, 0) is 11.4 Å². The van der Waals surface area contributed by atoms with Crippen LogP contribution >= 0.6 is 11.3 Å². The first-order valence-electron chi connectivity index (χ1n) is 4.87. The van der Waals surface area contributed by atoms with E-state index >= 15 is 0 Å². The van der Waals surface area contributed by atoms with Crippen LogP contribution in [0.2, 0.25) is 0 Å². The van der Waals surface area contributed by atoms with Gasteiger partial charge in [0.05, 0.1) is 4.88 Å². The van der Waals surface area contributed by atoms with Crippen molar-refractivity contribution < 1.29 is 0 Å². The number of hydrogen-bond donors (Lipinski definition) is 1. The largest absolute Gasteiger partial charge is 0.368 e. The molecule has 0 saturated carbocycles. The third-order valence-electron chi connectivity index (χ3n) is 2.12. The maximum absolute atomic E-state index is 5.68. The molecule has 0 aromatic carbocycles. The molecule has 2 N–H and O–H groups in total. The Bertz CT molecular complexity index is 564. The lowest BCUT2D eigenvalue weighted by molar-refractivity contribution is 0.908. The first-order chi connectivity index (χ1) is 8.33. The van der Waals surface area contributed by atoms with Crippen molar-refractivity contribution in [2.24, 2.45) is 0 Å². The lowest BCUT2D eigenvalue weighted by Gasteiger charge is -2.03. The molecular weight excluding hydrogens is 236 g/mol. The molecule has 0 unspecified atom stereocenters. The van der Waals surface area contributed by atoms with E-state index in [4.69, 9.17) is 5.73 Å². The summed E-state index contributed by atoms with van der Waals surface area (Å²) < 4.78 is 1.69. The van der Waals surface area contributed by atoms with Gasteiger partial charge in [0.2, 0.25) is 11.9 Å². The summed E-state index contributed by atoms with van der Waals surface area (Å²) in [5.41, 5.74) is 5.68. The van der Waals surface area contributed by atoms with Crippen LogP contribution in [0.4, 0.5) is 5.95 Å². The minimum atomic E-state index is 0.201. The van der Waals surface area contributed by atoms with E-state index in [1.54, 1.807) is 34.6 Å². The molecule has 0 atom stereocenters. The van der Waals surface area contributed by atoms with Gasteiger partial charge in [-0.15, -0.1) is 11.3 Å². The van der Waals surface area contributed by atoms with Crippen LogP contribution in [0.5, 0.6) is 0 Å². The van der Waals surface area contributed by atoms with E-state index in [9.17, 15) is 0 Å². The van der Waals surface area contributed by atoms with E-state index in [1.807, 2.05) is 17.5 Å². The van der Waals surface area contributed by atoms with Crippen LogP contribution in [0.1, 0.15) is 0 Å². The van der Waals surface area contributed by atoms with Gasteiger partial charge in [0.25, 0.3) is 0 Å². The molecule has 0 aliphatic carbocycles. The fraction of sp³-hybridized carbons (Fsp3) is 0. The maximum Gasteiger partial charge on any atom is 0.240 e. The molecule has 0 spiro atoms. The number of imidazole rings is 1. The van der Waals surface area contributed by atoms with Crippen molar-refractivity contribution in [3.63, 3.8) is 0 Å². The fourth-order valence-corrected chi connectivity index (χ4v) is 2.05. The van der Waals surface area contributed by atoms with Gasteiger partial charge in [-0.3, -0.25) is 4.57 Å². The fourth-order valence-electron chi connectivity index (χ4n) is 1.39. The smallest absolute Gasteiger partial charge is 0.240 e. The molecule has 3 heterocycles. The Kier molecular flexibility index (Phi) is 2.30. The van der Waals surface area contributed by atoms with Crippen molar-refractivity contribution in [1.29, 1.82) is 0 Å². The Labute approximate surface area is 101 Å². The summed E-state index contributed by atoms with van der Waals surface area (Å²) in [6.07, 6.45) is 5.03. The average Bonchev–Trinajstić information content (AvgIpc) is 3.02. The van der Waals surface area contributed by atoms with Crippen LogP contribution in [-0.4, -0.2) is 24.5 Å². The van der Waals surface area contributed by atoms with Gasteiger partial charge in [0.15, 0.2) is 5.82 Å². The Morgan fingerprint density at radius 1 is 1.24 bits per heavy atom. The molecule has 3 aromatic heterocycles. The maximum atomic E-state index is 5.68. The monoisotopic (exact) mass is 244 g/mol. The Balaban J connectivity index is 2.13. The summed E-state index contributed by atoms with van der Waals surface area (Å²) in [5.74, 6) is 1.25. The van der Waals surface area contributed by atoms with Gasteiger partial charge >= 0.3 is 0 Å². The summed E-state index contributed by atoms with van der Waals surface area (Å²) in [7, 11) is 0. The molecule has 0 fully saturated rings. The molecule has 0 saturated heterocycles. The van der Waals surface area contributed by atoms with Crippen molar-refractivity contribution in [3.05, 3.63) is 36.2 Å². The van der Waals surface area contributed by atoms with Crippen LogP contribution in [0.25, 0.3) is 16.6 Å². The molecule has 0 aliphatic rings. The van der Waals surface area contributed by atoms with Crippen LogP contribution < -0.4 is 5.73 Å². The molecule has 3 aromatic rings. The number of nitrogens with two attached hydrogens (primary N) is 1. The summed E-state index contributed by atoms with van der Waals surface area (Å²) in [4.78, 5) is 17.4. The van der Waals surface area contributed by atoms with E-state index in [1.165, 1.54) is 0 Å². The number of hydrogen-bond acceptors (Lipinski definition) is 6. The van der Waals surface area contributed by atoms with Crippen molar-refractivity contribution in [2.45, 2.75) is 0 Å². The average molecular weight is 244 g/mol. The van der Waals surface area contributed by atoms with Crippen molar-refractivity contribution in [1.82, 2.24) is 24.5 Å². The van der Waals surface area contributed by atoms with Crippen LogP contribution in [0.3, 0.4) is 0 Å². The Morgan fingerprint density at radius 2 is 2.18 bits per heavy atom. The highest BCUT2D eigenvalue weighted by atomic mass is 32.1. The standard InChI is InChI=1S/C10H8N6S/c11-9-13-8(7-2-1-5-17-7)14-10(15-9)16-4-3-12-6-16/h1-6H,(H2,11,13,14,15). The Hall–Kier alpha value is -2.28. The van der Waals surface area contributed by atoms with Crippen LogP contribution in [0.15, 0.2) is 36.2 Å². The molecule has 0 bridgehead atoms. The van der Waals surface area contributed by atoms with E-state index in [0.717, 1.165) is 4.88 Å². The van der Waals surface area contributed by atoms with E-state index in [0.29, 0.717) is 11.8 Å². The molecule has 3 rings (SSSR count). The highest BCUT2D eigenvalue weighted by Gasteiger charge is 2.08. The zero-order chi connectivity index (χ0) is 11.7. The molecule has 6 nitrogen and oxygen atoms in total. The predicted octanol–water partition coefficient (Wildman–Crippen LogP) is 1.37. The third kappa shape index (κ3) is 1.87. The zero-order valence-electron chi connectivity index (χ0n) is 8.69. The van der Waals surface area contributed by atoms with E-state index < -0.39 is 0 Å². The molecule has 7 heteroatoms.